The fourth-order valence-electron chi connectivity index (χ4n) is 1.80. The van der Waals surface area contributed by atoms with Crippen LogP contribution in [0.15, 0.2) is 24.3 Å². The molecule has 132 valence electrons. The SMILES string of the molecule is CS(=O)(=O)CC(NC(=O)Nc1ccc(C#N)cc1)C(=O)NCCC#N. The molecule has 0 bridgehead atoms. The molecule has 0 saturated carbocycles. The second-order valence-electron chi connectivity index (χ2n) is 5.13. The Morgan fingerprint density at radius 3 is 2.36 bits per heavy atom. The van der Waals surface area contributed by atoms with Gasteiger partial charge in [-0.05, 0) is 24.3 Å². The lowest BCUT2D eigenvalue weighted by molar-refractivity contribution is -0.122. The fourth-order valence-corrected chi connectivity index (χ4v) is 2.64. The average Bonchev–Trinajstić information content (AvgIpc) is 2.53. The van der Waals surface area contributed by atoms with Crippen LogP contribution in [-0.4, -0.2) is 45.0 Å². The van der Waals surface area contributed by atoms with E-state index in [4.69, 9.17) is 10.5 Å². The number of sulfone groups is 1. The summed E-state index contributed by atoms with van der Waals surface area (Å²) in [6.07, 6.45) is 1.01. The summed E-state index contributed by atoms with van der Waals surface area (Å²) in [4.78, 5) is 24.0. The zero-order valence-corrected chi connectivity index (χ0v) is 14.3. The third-order valence-electron chi connectivity index (χ3n) is 2.90. The van der Waals surface area contributed by atoms with E-state index in [9.17, 15) is 18.0 Å². The van der Waals surface area contributed by atoms with Crippen molar-refractivity contribution in [3.63, 3.8) is 0 Å². The maximum absolute atomic E-state index is 12.0. The molecule has 3 amide bonds. The largest absolute Gasteiger partial charge is 0.353 e. The smallest absolute Gasteiger partial charge is 0.319 e. The lowest BCUT2D eigenvalue weighted by Gasteiger charge is -2.17. The van der Waals surface area contributed by atoms with Crippen molar-refractivity contribution in [3.8, 4) is 12.1 Å². The zero-order chi connectivity index (χ0) is 18.9. The lowest BCUT2D eigenvalue weighted by Crippen LogP contribution is -2.51. The number of nitrogens with one attached hydrogen (secondary N) is 3. The van der Waals surface area contributed by atoms with Gasteiger partial charge in [0.1, 0.15) is 15.9 Å². The van der Waals surface area contributed by atoms with E-state index < -0.39 is 33.6 Å². The van der Waals surface area contributed by atoms with E-state index in [1.54, 1.807) is 0 Å². The minimum Gasteiger partial charge on any atom is -0.353 e. The second-order valence-corrected chi connectivity index (χ2v) is 7.32. The molecule has 1 rings (SSSR count). The van der Waals surface area contributed by atoms with Gasteiger partial charge in [-0.15, -0.1) is 0 Å². The van der Waals surface area contributed by atoms with Gasteiger partial charge in [0.15, 0.2) is 0 Å². The Morgan fingerprint density at radius 1 is 1.20 bits per heavy atom. The fraction of sp³-hybridized carbons (Fsp3) is 0.333. The Kier molecular flexibility index (Phi) is 7.38. The number of anilines is 1. The number of nitriles is 2. The van der Waals surface area contributed by atoms with Crippen LogP contribution in [0.2, 0.25) is 0 Å². The van der Waals surface area contributed by atoms with Crippen molar-refractivity contribution >= 4 is 27.5 Å². The van der Waals surface area contributed by atoms with Crippen LogP contribution in [0.1, 0.15) is 12.0 Å². The summed E-state index contributed by atoms with van der Waals surface area (Å²) in [5, 5.41) is 24.3. The van der Waals surface area contributed by atoms with Crippen LogP contribution in [0.25, 0.3) is 0 Å². The van der Waals surface area contributed by atoms with Crippen molar-refractivity contribution in [1.29, 1.82) is 10.5 Å². The van der Waals surface area contributed by atoms with Gasteiger partial charge in [0, 0.05) is 18.5 Å². The van der Waals surface area contributed by atoms with Crippen LogP contribution in [0.3, 0.4) is 0 Å². The number of carbonyl (C=O) groups excluding carboxylic acids is 2. The van der Waals surface area contributed by atoms with E-state index in [1.165, 1.54) is 24.3 Å². The van der Waals surface area contributed by atoms with Crippen LogP contribution in [-0.2, 0) is 14.6 Å². The molecule has 0 aromatic heterocycles. The summed E-state index contributed by atoms with van der Waals surface area (Å²) < 4.78 is 22.9. The monoisotopic (exact) mass is 363 g/mol. The molecule has 0 fully saturated rings. The highest BCUT2D eigenvalue weighted by atomic mass is 32.2. The van der Waals surface area contributed by atoms with Gasteiger partial charge in [-0.25, -0.2) is 13.2 Å². The van der Waals surface area contributed by atoms with Crippen molar-refractivity contribution < 1.29 is 18.0 Å². The minimum atomic E-state index is -3.53. The van der Waals surface area contributed by atoms with E-state index in [0.29, 0.717) is 11.3 Å². The van der Waals surface area contributed by atoms with Crippen LogP contribution < -0.4 is 16.0 Å². The van der Waals surface area contributed by atoms with E-state index in [2.05, 4.69) is 16.0 Å². The van der Waals surface area contributed by atoms with Gasteiger partial charge in [-0.3, -0.25) is 4.79 Å². The number of rotatable bonds is 7. The highest BCUT2D eigenvalue weighted by Gasteiger charge is 2.24. The number of benzene rings is 1. The molecule has 0 aliphatic carbocycles. The molecule has 0 saturated heterocycles. The minimum absolute atomic E-state index is 0.0501. The van der Waals surface area contributed by atoms with Crippen LogP contribution in [0, 0.1) is 22.7 Å². The molecule has 0 aliphatic heterocycles. The Labute approximate surface area is 145 Å². The van der Waals surface area contributed by atoms with E-state index >= 15 is 0 Å². The highest BCUT2D eigenvalue weighted by Crippen LogP contribution is 2.08. The van der Waals surface area contributed by atoms with Gasteiger partial charge >= 0.3 is 6.03 Å². The summed E-state index contributed by atoms with van der Waals surface area (Å²) in [6.45, 7) is 0.0501. The molecule has 0 aliphatic rings. The first-order valence-corrected chi connectivity index (χ1v) is 9.21. The van der Waals surface area contributed by atoms with Crippen LogP contribution in [0.4, 0.5) is 10.5 Å². The summed E-state index contributed by atoms with van der Waals surface area (Å²) in [5.74, 6) is -1.28. The molecule has 3 N–H and O–H groups in total. The lowest BCUT2D eigenvalue weighted by atomic mass is 10.2. The quantitative estimate of drug-likeness (QED) is 0.585. The van der Waals surface area contributed by atoms with Gasteiger partial charge in [0.2, 0.25) is 5.91 Å². The normalized spacial score (nSPS) is 11.5. The standard InChI is InChI=1S/C15H17N5O4S/c1-25(23,24)10-13(14(21)18-8-2-7-16)20-15(22)19-12-5-3-11(9-17)4-6-12/h3-6,13H,2,8,10H2,1H3,(H,18,21)(H2,19,20,22). The Balaban J connectivity index is 2.74. The third kappa shape index (κ3) is 7.81. The van der Waals surface area contributed by atoms with E-state index in [0.717, 1.165) is 6.26 Å². The molecular weight excluding hydrogens is 346 g/mol. The van der Waals surface area contributed by atoms with Gasteiger partial charge in [-0.1, -0.05) is 0 Å². The first-order valence-electron chi connectivity index (χ1n) is 7.15. The number of carbonyl (C=O) groups is 2. The number of nitrogens with zero attached hydrogens (tertiary/aromatic N) is 2. The number of urea groups is 1. The molecule has 0 heterocycles. The molecule has 10 heteroatoms. The molecule has 0 spiro atoms. The van der Waals surface area contributed by atoms with Crippen molar-refractivity contribution in [2.24, 2.45) is 0 Å². The predicted molar refractivity (Wildman–Crippen MR) is 90.0 cm³/mol. The van der Waals surface area contributed by atoms with Crippen molar-refractivity contribution in [1.82, 2.24) is 10.6 Å². The Bertz CT molecular complexity index is 806. The second kappa shape index (κ2) is 9.25. The van der Waals surface area contributed by atoms with Crippen LogP contribution in [0.5, 0.6) is 0 Å². The highest BCUT2D eigenvalue weighted by molar-refractivity contribution is 7.90. The molecule has 1 unspecified atom stereocenters. The van der Waals surface area contributed by atoms with Gasteiger partial charge in [0.25, 0.3) is 0 Å². The summed E-state index contributed by atoms with van der Waals surface area (Å²) >= 11 is 0. The van der Waals surface area contributed by atoms with Gasteiger partial charge in [0.05, 0.1) is 29.9 Å². The van der Waals surface area contributed by atoms with E-state index in [-0.39, 0.29) is 13.0 Å². The Morgan fingerprint density at radius 2 is 1.84 bits per heavy atom. The molecule has 1 aromatic rings. The average molecular weight is 363 g/mol. The molecule has 1 atom stereocenters. The number of hydrogen-bond acceptors (Lipinski definition) is 6. The topological polar surface area (TPSA) is 152 Å². The predicted octanol–water partition coefficient (Wildman–Crippen LogP) is 0.123. The van der Waals surface area contributed by atoms with Crippen molar-refractivity contribution in [3.05, 3.63) is 29.8 Å². The number of amides is 3. The molecule has 25 heavy (non-hydrogen) atoms. The maximum atomic E-state index is 12.0. The van der Waals surface area contributed by atoms with Crippen LogP contribution >= 0.6 is 0 Å². The third-order valence-corrected chi connectivity index (χ3v) is 3.84. The van der Waals surface area contributed by atoms with Gasteiger partial charge in [-0.2, -0.15) is 10.5 Å². The molecule has 0 radical (unpaired) electrons. The summed E-state index contributed by atoms with van der Waals surface area (Å²) in [7, 11) is -3.53. The zero-order valence-electron chi connectivity index (χ0n) is 13.4. The summed E-state index contributed by atoms with van der Waals surface area (Å²) in [5.41, 5.74) is 0.789. The molecule has 1 aromatic carbocycles. The summed E-state index contributed by atoms with van der Waals surface area (Å²) in [6, 6.07) is 7.69. The molecule has 9 nitrogen and oxygen atoms in total. The molecular formula is C15H17N5O4S. The van der Waals surface area contributed by atoms with Crippen molar-refractivity contribution in [2.75, 3.05) is 23.9 Å². The number of hydrogen-bond donors (Lipinski definition) is 3. The van der Waals surface area contributed by atoms with Crippen molar-refractivity contribution in [2.45, 2.75) is 12.5 Å². The Hall–Kier alpha value is -3.11. The van der Waals surface area contributed by atoms with E-state index in [1.807, 2.05) is 12.1 Å². The maximum Gasteiger partial charge on any atom is 0.319 e. The first kappa shape index (κ1) is 19.9. The first-order chi connectivity index (χ1) is 11.7. The van der Waals surface area contributed by atoms with Gasteiger partial charge < -0.3 is 16.0 Å².